The molecule has 16 heavy (non-hydrogen) atoms. The molecule has 0 aliphatic carbocycles. The fourth-order valence-electron chi connectivity index (χ4n) is 2.02. The molecule has 0 spiro atoms. The van der Waals surface area contributed by atoms with Crippen LogP contribution in [0.3, 0.4) is 0 Å². The first-order chi connectivity index (χ1) is 7.35. The number of hydrogen-bond donors (Lipinski definition) is 1. The molecule has 5 heteroatoms. The van der Waals surface area contributed by atoms with Crippen molar-refractivity contribution in [2.75, 3.05) is 13.1 Å². The highest BCUT2D eigenvalue weighted by Gasteiger charge is 2.34. The van der Waals surface area contributed by atoms with Gasteiger partial charge in [0, 0.05) is 25.2 Å². The summed E-state index contributed by atoms with van der Waals surface area (Å²) in [6.07, 6.45) is 1.98. The monoisotopic (exact) mass is 248 g/mol. The molecule has 0 amide bonds. The maximum Gasteiger partial charge on any atom is 0.218 e. The van der Waals surface area contributed by atoms with Gasteiger partial charge in [0.2, 0.25) is 10.0 Å². The number of rotatable bonds is 5. The van der Waals surface area contributed by atoms with Gasteiger partial charge in [-0.1, -0.05) is 13.8 Å². The Morgan fingerprint density at radius 1 is 1.38 bits per heavy atom. The lowest BCUT2D eigenvalue weighted by atomic mass is 10.3. The molecule has 4 nitrogen and oxygen atoms in total. The van der Waals surface area contributed by atoms with Gasteiger partial charge in [0.15, 0.2) is 0 Å². The standard InChI is InChI=1S/C11H24N2O2S/c1-9(2)12-8-11(4)16(14,15)13-7-5-6-10(13)3/h9-12H,5-8H2,1-4H3. The minimum Gasteiger partial charge on any atom is -0.313 e. The molecule has 1 heterocycles. The van der Waals surface area contributed by atoms with Crippen molar-refractivity contribution in [2.45, 2.75) is 57.9 Å². The van der Waals surface area contributed by atoms with E-state index in [0.717, 1.165) is 12.8 Å². The molecule has 1 aliphatic heterocycles. The second-order valence-electron chi connectivity index (χ2n) is 5.02. The van der Waals surface area contributed by atoms with Crippen LogP contribution in [-0.4, -0.2) is 43.1 Å². The first kappa shape index (κ1) is 13.9. The highest BCUT2D eigenvalue weighted by molar-refractivity contribution is 7.89. The van der Waals surface area contributed by atoms with E-state index in [1.807, 2.05) is 20.8 Å². The minimum atomic E-state index is -3.11. The molecule has 0 aromatic carbocycles. The van der Waals surface area contributed by atoms with Crippen LogP contribution in [0.2, 0.25) is 0 Å². The lowest BCUT2D eigenvalue weighted by molar-refractivity contribution is 0.399. The van der Waals surface area contributed by atoms with Gasteiger partial charge in [-0.3, -0.25) is 0 Å². The van der Waals surface area contributed by atoms with E-state index in [2.05, 4.69) is 5.32 Å². The average molecular weight is 248 g/mol. The molecule has 0 aromatic rings. The highest BCUT2D eigenvalue weighted by atomic mass is 32.2. The van der Waals surface area contributed by atoms with Gasteiger partial charge in [0.25, 0.3) is 0 Å². The molecule has 2 atom stereocenters. The van der Waals surface area contributed by atoms with Crippen molar-refractivity contribution in [2.24, 2.45) is 0 Å². The molecule has 0 radical (unpaired) electrons. The Kier molecular flexibility index (Phi) is 4.76. The first-order valence-corrected chi connectivity index (χ1v) is 7.60. The SMILES string of the molecule is CC(C)NCC(C)S(=O)(=O)N1CCCC1C. The fraction of sp³-hybridized carbons (Fsp3) is 1.00. The molecular weight excluding hydrogens is 224 g/mol. The molecule has 1 N–H and O–H groups in total. The summed E-state index contributed by atoms with van der Waals surface area (Å²) in [5.41, 5.74) is 0. The minimum absolute atomic E-state index is 0.173. The summed E-state index contributed by atoms with van der Waals surface area (Å²) in [4.78, 5) is 0. The fourth-order valence-corrected chi connectivity index (χ4v) is 3.78. The Morgan fingerprint density at radius 3 is 2.44 bits per heavy atom. The Balaban J connectivity index is 2.62. The third kappa shape index (κ3) is 3.18. The van der Waals surface area contributed by atoms with Crippen LogP contribution in [0.4, 0.5) is 0 Å². The summed E-state index contributed by atoms with van der Waals surface area (Å²) in [5, 5.41) is 2.85. The van der Waals surface area contributed by atoms with E-state index in [-0.39, 0.29) is 11.3 Å². The third-order valence-electron chi connectivity index (χ3n) is 3.14. The van der Waals surface area contributed by atoms with E-state index in [4.69, 9.17) is 0 Å². The van der Waals surface area contributed by atoms with Crippen molar-refractivity contribution in [1.29, 1.82) is 0 Å². The van der Waals surface area contributed by atoms with Gasteiger partial charge >= 0.3 is 0 Å². The maximum absolute atomic E-state index is 12.2. The van der Waals surface area contributed by atoms with Crippen LogP contribution < -0.4 is 5.32 Å². The Morgan fingerprint density at radius 2 is 2.00 bits per heavy atom. The number of nitrogens with one attached hydrogen (secondary N) is 1. The number of hydrogen-bond acceptors (Lipinski definition) is 3. The molecule has 1 aliphatic rings. The van der Waals surface area contributed by atoms with E-state index >= 15 is 0 Å². The molecule has 96 valence electrons. The van der Waals surface area contributed by atoms with Gasteiger partial charge in [0.1, 0.15) is 0 Å². The van der Waals surface area contributed by atoms with Crippen LogP contribution >= 0.6 is 0 Å². The second-order valence-corrected chi connectivity index (χ2v) is 7.32. The predicted octanol–water partition coefficient (Wildman–Crippen LogP) is 1.19. The van der Waals surface area contributed by atoms with Crippen molar-refractivity contribution < 1.29 is 8.42 Å². The summed E-state index contributed by atoms with van der Waals surface area (Å²) < 4.78 is 26.1. The smallest absolute Gasteiger partial charge is 0.218 e. The van der Waals surface area contributed by atoms with Crippen molar-refractivity contribution in [3.05, 3.63) is 0 Å². The topological polar surface area (TPSA) is 49.4 Å². The normalized spacial score (nSPS) is 25.2. The number of nitrogens with zero attached hydrogens (tertiary/aromatic N) is 1. The Hall–Kier alpha value is -0.130. The highest BCUT2D eigenvalue weighted by Crippen LogP contribution is 2.22. The predicted molar refractivity (Wildman–Crippen MR) is 66.9 cm³/mol. The summed E-state index contributed by atoms with van der Waals surface area (Å²) in [6, 6.07) is 0.500. The van der Waals surface area contributed by atoms with Gasteiger partial charge in [-0.25, -0.2) is 8.42 Å². The molecule has 1 fully saturated rings. The molecule has 0 aromatic heterocycles. The van der Waals surface area contributed by atoms with Crippen molar-refractivity contribution in [3.8, 4) is 0 Å². The van der Waals surface area contributed by atoms with Crippen LogP contribution in [-0.2, 0) is 10.0 Å². The van der Waals surface area contributed by atoms with E-state index in [0.29, 0.717) is 19.1 Å². The van der Waals surface area contributed by atoms with Gasteiger partial charge in [-0.05, 0) is 26.7 Å². The van der Waals surface area contributed by atoms with Crippen molar-refractivity contribution >= 4 is 10.0 Å². The summed E-state index contributed by atoms with van der Waals surface area (Å²) in [5.74, 6) is 0. The van der Waals surface area contributed by atoms with E-state index in [9.17, 15) is 8.42 Å². The van der Waals surface area contributed by atoms with E-state index in [1.165, 1.54) is 0 Å². The molecule has 2 unspecified atom stereocenters. The second kappa shape index (κ2) is 5.47. The lowest BCUT2D eigenvalue weighted by Crippen LogP contribution is -2.44. The third-order valence-corrected chi connectivity index (χ3v) is 5.52. The van der Waals surface area contributed by atoms with Crippen molar-refractivity contribution in [1.82, 2.24) is 9.62 Å². The van der Waals surface area contributed by atoms with Crippen LogP contribution in [0.1, 0.15) is 40.5 Å². The zero-order valence-corrected chi connectivity index (χ0v) is 11.5. The molecule has 0 bridgehead atoms. The number of sulfonamides is 1. The Labute approximate surface area is 99.5 Å². The van der Waals surface area contributed by atoms with Gasteiger partial charge < -0.3 is 5.32 Å². The van der Waals surface area contributed by atoms with Crippen LogP contribution in [0.15, 0.2) is 0 Å². The molecular formula is C11H24N2O2S. The zero-order chi connectivity index (χ0) is 12.3. The first-order valence-electron chi connectivity index (χ1n) is 6.09. The van der Waals surface area contributed by atoms with Gasteiger partial charge in [-0.2, -0.15) is 4.31 Å². The van der Waals surface area contributed by atoms with Crippen LogP contribution in [0.5, 0.6) is 0 Å². The van der Waals surface area contributed by atoms with Gasteiger partial charge in [0.05, 0.1) is 5.25 Å². The summed E-state index contributed by atoms with van der Waals surface area (Å²) in [6.45, 7) is 9.05. The van der Waals surface area contributed by atoms with E-state index < -0.39 is 10.0 Å². The Bertz CT molecular complexity index is 314. The molecule has 1 rings (SSSR count). The lowest BCUT2D eigenvalue weighted by Gasteiger charge is -2.25. The van der Waals surface area contributed by atoms with Crippen molar-refractivity contribution in [3.63, 3.8) is 0 Å². The molecule has 1 saturated heterocycles. The van der Waals surface area contributed by atoms with Crippen LogP contribution in [0, 0.1) is 0 Å². The van der Waals surface area contributed by atoms with E-state index in [1.54, 1.807) is 11.2 Å². The molecule has 0 saturated carbocycles. The summed E-state index contributed by atoms with van der Waals surface area (Å²) in [7, 11) is -3.11. The zero-order valence-electron chi connectivity index (χ0n) is 10.7. The summed E-state index contributed by atoms with van der Waals surface area (Å²) >= 11 is 0. The quantitative estimate of drug-likeness (QED) is 0.795. The largest absolute Gasteiger partial charge is 0.313 e. The average Bonchev–Trinajstić information content (AvgIpc) is 2.61. The maximum atomic E-state index is 12.2. The van der Waals surface area contributed by atoms with Crippen LogP contribution in [0.25, 0.3) is 0 Å². The van der Waals surface area contributed by atoms with Gasteiger partial charge in [-0.15, -0.1) is 0 Å².